The van der Waals surface area contributed by atoms with Gasteiger partial charge in [0, 0.05) is 35.0 Å². The van der Waals surface area contributed by atoms with Crippen LogP contribution in [0, 0.1) is 0 Å². The van der Waals surface area contributed by atoms with Crippen LogP contribution in [0.3, 0.4) is 0 Å². The Bertz CT molecular complexity index is 1730. The van der Waals surface area contributed by atoms with Crippen LogP contribution >= 0.6 is 0 Å². The zero-order chi connectivity index (χ0) is 32.6. The molecule has 2 aromatic heterocycles. The van der Waals surface area contributed by atoms with Crippen molar-refractivity contribution >= 4 is 11.0 Å². The minimum Gasteiger partial charge on any atom is -0.306 e. The van der Waals surface area contributed by atoms with Gasteiger partial charge in [0.2, 0.25) is 0 Å². The van der Waals surface area contributed by atoms with Gasteiger partial charge in [-0.2, -0.15) is 0 Å². The fourth-order valence-corrected chi connectivity index (χ4v) is 8.69. The Labute approximate surface area is 275 Å². The Morgan fingerprint density at radius 3 is 1.24 bits per heavy atom. The van der Waals surface area contributed by atoms with E-state index >= 15 is 9.59 Å². The topological polar surface area (TPSA) is 44.0 Å². The van der Waals surface area contributed by atoms with E-state index in [1.54, 1.807) is 0 Å². The van der Waals surface area contributed by atoms with Crippen molar-refractivity contribution in [1.29, 1.82) is 0 Å². The van der Waals surface area contributed by atoms with Crippen molar-refractivity contribution in [3.8, 4) is 22.3 Å². The molecule has 2 aliphatic carbocycles. The molecule has 0 N–H and O–H groups in total. The highest BCUT2D eigenvalue weighted by atomic mass is 16.1. The normalized spacial score (nSPS) is 15.2. The Balaban J connectivity index is 1.65. The first kappa shape index (κ1) is 32.5. The van der Waals surface area contributed by atoms with E-state index in [0.29, 0.717) is 13.1 Å². The van der Waals surface area contributed by atoms with E-state index in [-0.39, 0.29) is 11.1 Å². The second-order valence-corrected chi connectivity index (χ2v) is 15.0. The van der Waals surface area contributed by atoms with Crippen LogP contribution in [0.2, 0.25) is 0 Å². The van der Waals surface area contributed by atoms with Crippen LogP contribution in [0.4, 0.5) is 0 Å². The summed E-state index contributed by atoms with van der Waals surface area (Å²) in [5.41, 5.74) is 9.55. The molecule has 0 saturated carbocycles. The van der Waals surface area contributed by atoms with E-state index in [4.69, 9.17) is 0 Å². The SMILES string of the molecule is CCCCCCCCn1c(=O)c2c(c3c1c1c(c(=O)n3CCCCCCCC)-c3ccccc3C1(C)C)C(C)(C)c1ccccc1-2. The van der Waals surface area contributed by atoms with Crippen molar-refractivity contribution in [3.05, 3.63) is 91.5 Å². The first-order valence-electron chi connectivity index (χ1n) is 18.3. The molecular weight excluding hydrogens is 564 g/mol. The average molecular weight is 619 g/mol. The maximum absolute atomic E-state index is 15.0. The summed E-state index contributed by atoms with van der Waals surface area (Å²) in [6.45, 7) is 14.9. The number of fused-ring (bicyclic) bond motifs is 9. The molecule has 0 fully saturated rings. The van der Waals surface area contributed by atoms with E-state index in [9.17, 15) is 0 Å². The Morgan fingerprint density at radius 2 is 0.848 bits per heavy atom. The number of aryl methyl sites for hydroxylation is 2. The third-order valence-corrected chi connectivity index (χ3v) is 11.1. The fourth-order valence-electron chi connectivity index (χ4n) is 8.69. The van der Waals surface area contributed by atoms with Gasteiger partial charge in [0.25, 0.3) is 11.1 Å². The summed E-state index contributed by atoms with van der Waals surface area (Å²) in [5, 5.41) is 0. The first-order valence-corrected chi connectivity index (χ1v) is 18.3. The maximum Gasteiger partial charge on any atom is 0.259 e. The van der Waals surface area contributed by atoms with Gasteiger partial charge in [0.1, 0.15) is 0 Å². The van der Waals surface area contributed by atoms with E-state index in [1.807, 2.05) is 0 Å². The third-order valence-electron chi connectivity index (χ3n) is 11.1. The number of benzene rings is 2. The highest BCUT2D eigenvalue weighted by Gasteiger charge is 2.45. The lowest BCUT2D eigenvalue weighted by Gasteiger charge is -2.30. The minimum atomic E-state index is -0.401. The molecule has 2 aliphatic rings. The molecule has 0 atom stereocenters. The van der Waals surface area contributed by atoms with Gasteiger partial charge in [-0.3, -0.25) is 9.59 Å². The molecule has 0 radical (unpaired) electrons. The molecular formula is C42H54N2O2. The third kappa shape index (κ3) is 5.20. The van der Waals surface area contributed by atoms with Crippen molar-refractivity contribution < 1.29 is 0 Å². The van der Waals surface area contributed by atoms with Crippen LogP contribution in [0.15, 0.2) is 58.1 Å². The summed E-state index contributed by atoms with van der Waals surface area (Å²) in [4.78, 5) is 30.0. The van der Waals surface area contributed by atoms with Crippen molar-refractivity contribution in [3.63, 3.8) is 0 Å². The van der Waals surface area contributed by atoms with Crippen LogP contribution in [-0.2, 0) is 23.9 Å². The smallest absolute Gasteiger partial charge is 0.259 e. The van der Waals surface area contributed by atoms with Crippen LogP contribution in [0.25, 0.3) is 33.3 Å². The van der Waals surface area contributed by atoms with Crippen LogP contribution < -0.4 is 11.1 Å². The molecule has 0 aliphatic heterocycles. The van der Waals surface area contributed by atoms with Gasteiger partial charge in [-0.1, -0.05) is 154 Å². The lowest BCUT2D eigenvalue weighted by molar-refractivity contribution is 0.544. The van der Waals surface area contributed by atoms with Crippen molar-refractivity contribution in [1.82, 2.24) is 9.13 Å². The summed E-state index contributed by atoms with van der Waals surface area (Å²) in [7, 11) is 0. The van der Waals surface area contributed by atoms with Gasteiger partial charge in [0.15, 0.2) is 0 Å². The second kappa shape index (κ2) is 13.0. The molecule has 0 saturated heterocycles. The van der Waals surface area contributed by atoms with Gasteiger partial charge in [-0.25, -0.2) is 0 Å². The van der Waals surface area contributed by atoms with E-state index < -0.39 is 10.8 Å². The van der Waals surface area contributed by atoms with Crippen LogP contribution in [0.5, 0.6) is 0 Å². The quantitative estimate of drug-likeness (QED) is 0.132. The van der Waals surface area contributed by atoms with E-state index in [0.717, 1.165) is 70.1 Å². The molecule has 6 rings (SSSR count). The summed E-state index contributed by atoms with van der Waals surface area (Å²) in [6, 6.07) is 16.9. The molecule has 46 heavy (non-hydrogen) atoms. The first-order chi connectivity index (χ1) is 22.2. The number of nitrogens with zero attached hydrogens (tertiary/aromatic N) is 2. The number of rotatable bonds is 14. The molecule has 244 valence electrons. The Hall–Kier alpha value is -3.40. The van der Waals surface area contributed by atoms with Crippen molar-refractivity contribution in [2.45, 2.75) is 143 Å². The highest BCUT2D eigenvalue weighted by molar-refractivity contribution is 6.00. The predicted octanol–water partition coefficient (Wildman–Crippen LogP) is 10.5. The monoisotopic (exact) mass is 618 g/mol. The summed E-state index contributed by atoms with van der Waals surface area (Å²) >= 11 is 0. The van der Waals surface area contributed by atoms with Crippen LogP contribution in [0.1, 0.15) is 141 Å². The molecule has 0 unspecified atom stereocenters. The molecule has 0 spiro atoms. The molecule has 2 heterocycles. The van der Waals surface area contributed by atoms with Gasteiger partial charge in [0.05, 0.1) is 22.2 Å². The van der Waals surface area contributed by atoms with Crippen LogP contribution in [-0.4, -0.2) is 9.13 Å². The second-order valence-electron chi connectivity index (χ2n) is 15.0. The molecule has 4 aromatic rings. The zero-order valence-electron chi connectivity index (χ0n) is 29.2. The van der Waals surface area contributed by atoms with Gasteiger partial charge in [-0.05, 0) is 35.1 Å². The highest BCUT2D eigenvalue weighted by Crippen LogP contribution is 2.54. The lowest BCUT2D eigenvalue weighted by atomic mass is 9.79. The molecule has 0 amide bonds. The number of hydrogen-bond acceptors (Lipinski definition) is 2. The lowest BCUT2D eigenvalue weighted by Crippen LogP contribution is -2.34. The van der Waals surface area contributed by atoms with E-state index in [1.165, 1.54) is 62.5 Å². The summed E-state index contributed by atoms with van der Waals surface area (Å²) < 4.78 is 4.21. The summed E-state index contributed by atoms with van der Waals surface area (Å²) in [6.07, 6.45) is 14.0. The standard InChI is InChI=1S/C42H54N2O2/c1-7-9-11-13-15-21-27-43-37-35-34(30-24-18-20-26-32(30)41(35,3)4)40(46)44(28-22-16-14-12-10-8-2)38(37)36-33(39(43)45)29-23-17-19-25-31(29)42(36,5)6/h17-20,23-26H,7-16,21-22,27-28H2,1-6H3. The summed E-state index contributed by atoms with van der Waals surface area (Å²) in [5.74, 6) is 0. The van der Waals surface area contributed by atoms with Crippen molar-refractivity contribution in [2.75, 3.05) is 0 Å². The van der Waals surface area contributed by atoms with E-state index in [2.05, 4.69) is 99.2 Å². The average Bonchev–Trinajstić information content (AvgIpc) is 3.43. The van der Waals surface area contributed by atoms with Gasteiger partial charge in [-0.15, -0.1) is 0 Å². The molecule has 4 heteroatoms. The minimum absolute atomic E-state index is 0.104. The Morgan fingerprint density at radius 1 is 0.500 bits per heavy atom. The number of unbranched alkanes of at least 4 members (excludes halogenated alkanes) is 10. The van der Waals surface area contributed by atoms with Crippen molar-refractivity contribution in [2.24, 2.45) is 0 Å². The number of pyridine rings is 2. The molecule has 0 bridgehead atoms. The number of hydrogen-bond donors (Lipinski definition) is 0. The maximum atomic E-state index is 15.0. The molecule has 4 nitrogen and oxygen atoms in total. The predicted molar refractivity (Wildman–Crippen MR) is 194 cm³/mol. The van der Waals surface area contributed by atoms with Gasteiger partial charge >= 0.3 is 0 Å². The van der Waals surface area contributed by atoms with Gasteiger partial charge < -0.3 is 9.13 Å². The zero-order valence-corrected chi connectivity index (χ0v) is 29.2. The molecule has 2 aromatic carbocycles. The fraction of sp³-hybridized carbons (Fsp3) is 0.524. The number of aromatic nitrogens is 2. The Kier molecular flexibility index (Phi) is 9.20. The largest absolute Gasteiger partial charge is 0.306 e.